The van der Waals surface area contributed by atoms with Gasteiger partial charge in [-0.15, -0.1) is 11.3 Å². The third-order valence-electron chi connectivity index (χ3n) is 3.79. The molecule has 1 spiro atoms. The van der Waals surface area contributed by atoms with Crippen molar-refractivity contribution in [1.29, 1.82) is 0 Å². The zero-order valence-corrected chi connectivity index (χ0v) is 12.2. The second kappa shape index (κ2) is 6.08. The fourth-order valence-corrected chi connectivity index (χ4v) is 3.24. The van der Waals surface area contributed by atoms with Crippen LogP contribution in [0.3, 0.4) is 0 Å². The first-order valence-electron chi connectivity index (χ1n) is 7.06. The van der Waals surface area contributed by atoms with E-state index in [0.717, 1.165) is 37.4 Å². The van der Waals surface area contributed by atoms with Crippen molar-refractivity contribution < 1.29 is 14.3 Å². The SMILES string of the molecule is O=C(C=Cc1cccs1)N1CCC2(CC1)OCCCO2. The van der Waals surface area contributed by atoms with Crippen molar-refractivity contribution >= 4 is 23.3 Å². The first-order valence-corrected chi connectivity index (χ1v) is 7.94. The number of likely N-dealkylation sites (tertiary alicyclic amines) is 1. The fourth-order valence-electron chi connectivity index (χ4n) is 2.62. The second-order valence-electron chi connectivity index (χ2n) is 5.14. The number of ether oxygens (including phenoxy) is 2. The molecule has 108 valence electrons. The van der Waals surface area contributed by atoms with Crippen molar-refractivity contribution in [3.8, 4) is 0 Å². The van der Waals surface area contributed by atoms with E-state index in [1.165, 1.54) is 0 Å². The van der Waals surface area contributed by atoms with Gasteiger partial charge in [-0.2, -0.15) is 0 Å². The molecule has 2 aliphatic rings. The zero-order chi connectivity index (χ0) is 13.8. The monoisotopic (exact) mass is 293 g/mol. The van der Waals surface area contributed by atoms with Crippen molar-refractivity contribution in [2.24, 2.45) is 0 Å². The summed E-state index contributed by atoms with van der Waals surface area (Å²) in [5.41, 5.74) is 0. The van der Waals surface area contributed by atoms with Gasteiger partial charge < -0.3 is 14.4 Å². The number of carbonyl (C=O) groups is 1. The Morgan fingerprint density at radius 2 is 2.05 bits per heavy atom. The largest absolute Gasteiger partial charge is 0.350 e. The van der Waals surface area contributed by atoms with Gasteiger partial charge in [0, 0.05) is 36.9 Å². The minimum atomic E-state index is -0.424. The van der Waals surface area contributed by atoms with E-state index < -0.39 is 5.79 Å². The molecule has 20 heavy (non-hydrogen) atoms. The van der Waals surface area contributed by atoms with Gasteiger partial charge >= 0.3 is 0 Å². The molecular weight excluding hydrogens is 274 g/mol. The van der Waals surface area contributed by atoms with Gasteiger partial charge in [0.2, 0.25) is 5.91 Å². The smallest absolute Gasteiger partial charge is 0.246 e. The van der Waals surface area contributed by atoms with Crippen molar-refractivity contribution in [1.82, 2.24) is 4.90 Å². The zero-order valence-electron chi connectivity index (χ0n) is 11.4. The third-order valence-corrected chi connectivity index (χ3v) is 4.63. The molecule has 2 aliphatic heterocycles. The Balaban J connectivity index is 1.53. The standard InChI is InChI=1S/C15H19NO3S/c17-14(5-4-13-3-1-12-20-13)16-8-6-15(7-9-16)18-10-2-11-19-15/h1,3-5,12H,2,6-11H2. The van der Waals surface area contributed by atoms with Crippen LogP contribution in [0.15, 0.2) is 23.6 Å². The number of hydrogen-bond donors (Lipinski definition) is 0. The highest BCUT2D eigenvalue weighted by Gasteiger charge is 2.38. The molecule has 0 N–H and O–H groups in total. The molecule has 4 nitrogen and oxygen atoms in total. The summed E-state index contributed by atoms with van der Waals surface area (Å²) in [7, 11) is 0. The van der Waals surface area contributed by atoms with Gasteiger partial charge in [-0.25, -0.2) is 0 Å². The molecule has 0 radical (unpaired) electrons. The number of nitrogens with zero attached hydrogens (tertiary/aromatic N) is 1. The third kappa shape index (κ3) is 3.11. The molecule has 0 unspecified atom stereocenters. The molecule has 1 aromatic heterocycles. The highest BCUT2D eigenvalue weighted by molar-refractivity contribution is 7.10. The Morgan fingerprint density at radius 1 is 1.30 bits per heavy atom. The molecular formula is C15H19NO3S. The molecule has 0 saturated carbocycles. The summed E-state index contributed by atoms with van der Waals surface area (Å²) in [6, 6.07) is 3.99. The maximum atomic E-state index is 12.1. The lowest BCUT2D eigenvalue weighted by Crippen LogP contribution is -2.51. The van der Waals surface area contributed by atoms with Crippen LogP contribution in [0, 0.1) is 0 Å². The van der Waals surface area contributed by atoms with E-state index in [4.69, 9.17) is 9.47 Å². The van der Waals surface area contributed by atoms with E-state index in [2.05, 4.69) is 0 Å². The summed E-state index contributed by atoms with van der Waals surface area (Å²) in [6.07, 6.45) is 6.04. The number of amides is 1. The molecule has 3 rings (SSSR count). The molecule has 0 aromatic carbocycles. The predicted octanol–water partition coefficient (Wildman–Crippen LogP) is 2.52. The first kappa shape index (κ1) is 13.8. The number of hydrogen-bond acceptors (Lipinski definition) is 4. The quantitative estimate of drug-likeness (QED) is 0.787. The van der Waals surface area contributed by atoms with Crippen LogP contribution < -0.4 is 0 Å². The topological polar surface area (TPSA) is 38.8 Å². The minimum Gasteiger partial charge on any atom is -0.350 e. The van der Waals surface area contributed by atoms with Crippen LogP contribution in [0.2, 0.25) is 0 Å². The van der Waals surface area contributed by atoms with Crippen LogP contribution in [-0.2, 0) is 14.3 Å². The number of piperidine rings is 1. The Bertz CT molecular complexity index is 467. The molecule has 0 aliphatic carbocycles. The van der Waals surface area contributed by atoms with Gasteiger partial charge in [-0.05, 0) is 23.9 Å². The summed E-state index contributed by atoms with van der Waals surface area (Å²) in [6.45, 7) is 2.94. The molecule has 0 bridgehead atoms. The normalized spacial score (nSPS) is 22.5. The van der Waals surface area contributed by atoms with Crippen molar-refractivity contribution in [3.05, 3.63) is 28.5 Å². The Labute approximate surface area is 123 Å². The lowest BCUT2D eigenvalue weighted by Gasteiger charge is -2.43. The van der Waals surface area contributed by atoms with E-state index in [1.54, 1.807) is 17.4 Å². The Hall–Kier alpha value is -1.17. The van der Waals surface area contributed by atoms with Crippen LogP contribution in [0.5, 0.6) is 0 Å². The lowest BCUT2D eigenvalue weighted by atomic mass is 10.0. The average molecular weight is 293 g/mol. The highest BCUT2D eigenvalue weighted by atomic mass is 32.1. The van der Waals surface area contributed by atoms with E-state index in [0.29, 0.717) is 13.1 Å². The summed E-state index contributed by atoms with van der Waals surface area (Å²) in [4.78, 5) is 15.1. The van der Waals surface area contributed by atoms with Crippen LogP contribution >= 0.6 is 11.3 Å². The number of thiophene rings is 1. The summed E-state index contributed by atoms with van der Waals surface area (Å²) < 4.78 is 11.6. The van der Waals surface area contributed by atoms with Gasteiger partial charge in [0.1, 0.15) is 0 Å². The van der Waals surface area contributed by atoms with E-state index in [9.17, 15) is 4.79 Å². The molecule has 5 heteroatoms. The van der Waals surface area contributed by atoms with Gasteiger partial charge in [0.15, 0.2) is 5.79 Å². The average Bonchev–Trinajstić information content (AvgIpc) is 3.00. The van der Waals surface area contributed by atoms with Crippen LogP contribution in [-0.4, -0.2) is 42.9 Å². The minimum absolute atomic E-state index is 0.0732. The molecule has 1 aromatic rings. The van der Waals surface area contributed by atoms with Crippen LogP contribution in [0.1, 0.15) is 24.1 Å². The van der Waals surface area contributed by atoms with E-state index in [1.807, 2.05) is 28.5 Å². The van der Waals surface area contributed by atoms with E-state index in [-0.39, 0.29) is 5.91 Å². The van der Waals surface area contributed by atoms with Gasteiger partial charge in [0.05, 0.1) is 13.2 Å². The molecule has 1 amide bonds. The predicted molar refractivity (Wildman–Crippen MR) is 78.4 cm³/mol. The van der Waals surface area contributed by atoms with Crippen LogP contribution in [0.4, 0.5) is 0 Å². The van der Waals surface area contributed by atoms with Crippen molar-refractivity contribution in [2.45, 2.75) is 25.0 Å². The Morgan fingerprint density at radius 3 is 2.70 bits per heavy atom. The van der Waals surface area contributed by atoms with Gasteiger partial charge in [0.25, 0.3) is 0 Å². The maximum absolute atomic E-state index is 12.1. The molecule has 2 fully saturated rings. The fraction of sp³-hybridized carbons (Fsp3) is 0.533. The van der Waals surface area contributed by atoms with Gasteiger partial charge in [-0.1, -0.05) is 6.07 Å². The van der Waals surface area contributed by atoms with Crippen molar-refractivity contribution in [2.75, 3.05) is 26.3 Å². The number of carbonyl (C=O) groups excluding carboxylic acids is 1. The highest BCUT2D eigenvalue weighted by Crippen LogP contribution is 2.30. The van der Waals surface area contributed by atoms with Gasteiger partial charge in [-0.3, -0.25) is 4.79 Å². The number of rotatable bonds is 2. The van der Waals surface area contributed by atoms with Crippen molar-refractivity contribution in [3.63, 3.8) is 0 Å². The molecule has 0 atom stereocenters. The summed E-state index contributed by atoms with van der Waals surface area (Å²) >= 11 is 1.63. The summed E-state index contributed by atoms with van der Waals surface area (Å²) in [5.74, 6) is -0.351. The Kier molecular flexibility index (Phi) is 4.19. The van der Waals surface area contributed by atoms with Crippen LogP contribution in [0.25, 0.3) is 6.08 Å². The second-order valence-corrected chi connectivity index (χ2v) is 6.11. The maximum Gasteiger partial charge on any atom is 0.246 e. The summed E-state index contributed by atoms with van der Waals surface area (Å²) in [5, 5.41) is 2.01. The van der Waals surface area contributed by atoms with E-state index >= 15 is 0 Å². The first-order chi connectivity index (χ1) is 9.77. The molecule has 2 saturated heterocycles. The molecule has 3 heterocycles. The lowest BCUT2D eigenvalue weighted by molar-refractivity contribution is -0.282.